The van der Waals surface area contributed by atoms with E-state index in [2.05, 4.69) is 10.0 Å². The second kappa shape index (κ2) is 3.33. The van der Waals surface area contributed by atoms with E-state index in [1.165, 1.54) is 12.8 Å². The van der Waals surface area contributed by atoms with Gasteiger partial charge in [-0.15, -0.1) is 0 Å². The van der Waals surface area contributed by atoms with E-state index in [0.717, 1.165) is 12.8 Å². The van der Waals surface area contributed by atoms with Crippen molar-refractivity contribution in [2.24, 2.45) is 11.0 Å². The van der Waals surface area contributed by atoms with Crippen molar-refractivity contribution in [1.29, 1.82) is 0 Å². The van der Waals surface area contributed by atoms with E-state index >= 15 is 0 Å². The molecule has 2 saturated heterocycles. The molecule has 66 valence electrons. The molecule has 0 aromatic carbocycles. The first-order valence-electron chi connectivity index (χ1n) is 4.55. The van der Waals surface area contributed by atoms with Crippen LogP contribution in [0.1, 0.15) is 25.7 Å². The van der Waals surface area contributed by atoms with Gasteiger partial charge in [0.25, 0.3) is 0 Å². The molecule has 0 amide bonds. The fraction of sp³-hybridized carbons (Fsp3) is 1.00. The fourth-order valence-electron chi connectivity index (χ4n) is 2.27. The lowest BCUT2D eigenvalue weighted by Crippen LogP contribution is -2.26. The number of rotatable bonds is 2. The van der Waals surface area contributed by atoms with Gasteiger partial charge in [0, 0.05) is 11.5 Å². The van der Waals surface area contributed by atoms with Crippen molar-refractivity contribution in [1.82, 2.24) is 0 Å². The molecule has 2 bridgehead atoms. The molecule has 0 spiro atoms. The minimum atomic E-state index is 0.461. The van der Waals surface area contributed by atoms with Crippen LogP contribution in [0.2, 0.25) is 0 Å². The quantitative estimate of drug-likeness (QED) is 0.353. The van der Waals surface area contributed by atoms with E-state index in [-0.39, 0.29) is 0 Å². The van der Waals surface area contributed by atoms with Gasteiger partial charge in [0.2, 0.25) is 0 Å². The molecule has 2 heterocycles. The lowest BCUT2D eigenvalue weighted by atomic mass is 9.96. The zero-order chi connectivity index (χ0) is 8.39. The number of azide groups is 1. The molecule has 2 aliphatic rings. The Bertz CT molecular complexity index is 200. The fourth-order valence-corrected chi connectivity index (χ4v) is 2.27. The van der Waals surface area contributed by atoms with Gasteiger partial charge in [0.1, 0.15) is 0 Å². The van der Waals surface area contributed by atoms with Gasteiger partial charge in [0.05, 0.1) is 12.2 Å². The summed E-state index contributed by atoms with van der Waals surface area (Å²) in [4.78, 5) is 2.78. The summed E-state index contributed by atoms with van der Waals surface area (Å²) in [7, 11) is 0. The van der Waals surface area contributed by atoms with Crippen molar-refractivity contribution >= 4 is 0 Å². The number of ether oxygens (including phenoxy) is 1. The molecule has 0 aromatic rings. The summed E-state index contributed by atoms with van der Waals surface area (Å²) < 4.78 is 5.67. The average Bonchev–Trinajstić information content (AvgIpc) is 2.42. The lowest BCUT2D eigenvalue weighted by molar-refractivity contribution is -0.0171. The predicted octanol–water partition coefficient (Wildman–Crippen LogP) is 2.25. The first-order chi connectivity index (χ1) is 5.88. The number of nitrogens with zero attached hydrogens (tertiary/aromatic N) is 3. The van der Waals surface area contributed by atoms with Gasteiger partial charge in [0.15, 0.2) is 0 Å². The third-order valence-corrected chi connectivity index (χ3v) is 2.79. The molecule has 4 nitrogen and oxygen atoms in total. The molecule has 0 saturated carbocycles. The van der Waals surface area contributed by atoms with Crippen LogP contribution < -0.4 is 0 Å². The average molecular weight is 167 g/mol. The van der Waals surface area contributed by atoms with Gasteiger partial charge < -0.3 is 4.74 Å². The molecule has 2 unspecified atom stereocenters. The summed E-state index contributed by atoms with van der Waals surface area (Å²) in [6, 6.07) is 0. The van der Waals surface area contributed by atoms with Crippen molar-refractivity contribution in [2.45, 2.75) is 37.9 Å². The smallest absolute Gasteiger partial charge is 0.0582 e. The Labute approximate surface area is 71.5 Å². The molecule has 2 aliphatic heterocycles. The Morgan fingerprint density at radius 3 is 2.58 bits per heavy atom. The highest BCUT2D eigenvalue weighted by Gasteiger charge is 2.34. The Morgan fingerprint density at radius 1 is 1.33 bits per heavy atom. The van der Waals surface area contributed by atoms with Crippen LogP contribution in [0, 0.1) is 5.92 Å². The van der Waals surface area contributed by atoms with Gasteiger partial charge in [-0.2, -0.15) is 0 Å². The number of fused-ring (bicyclic) bond motifs is 2. The van der Waals surface area contributed by atoms with Gasteiger partial charge in [-0.05, 0) is 37.1 Å². The first kappa shape index (κ1) is 7.90. The largest absolute Gasteiger partial charge is 0.375 e. The van der Waals surface area contributed by atoms with Crippen molar-refractivity contribution in [3.8, 4) is 0 Å². The molecular formula is C8H13N3O. The van der Waals surface area contributed by atoms with Crippen LogP contribution >= 0.6 is 0 Å². The Balaban J connectivity index is 1.89. The number of hydrogen-bond donors (Lipinski definition) is 0. The van der Waals surface area contributed by atoms with Gasteiger partial charge in [-0.3, -0.25) is 0 Å². The maximum atomic E-state index is 8.17. The zero-order valence-corrected chi connectivity index (χ0v) is 7.02. The van der Waals surface area contributed by atoms with Crippen molar-refractivity contribution in [2.75, 3.05) is 6.54 Å². The molecule has 2 rings (SSSR count). The summed E-state index contributed by atoms with van der Waals surface area (Å²) in [6.45, 7) is 0.660. The lowest BCUT2D eigenvalue weighted by Gasteiger charge is -2.26. The van der Waals surface area contributed by atoms with E-state index in [4.69, 9.17) is 10.3 Å². The van der Waals surface area contributed by atoms with Crippen molar-refractivity contribution in [3.63, 3.8) is 0 Å². The highest BCUT2D eigenvalue weighted by atomic mass is 16.5. The van der Waals surface area contributed by atoms with E-state index in [0.29, 0.717) is 24.7 Å². The Kier molecular flexibility index (Phi) is 2.19. The summed E-state index contributed by atoms with van der Waals surface area (Å²) in [6.07, 6.45) is 5.52. The van der Waals surface area contributed by atoms with Gasteiger partial charge in [-0.25, -0.2) is 0 Å². The van der Waals surface area contributed by atoms with Crippen LogP contribution in [0.3, 0.4) is 0 Å². The highest BCUT2D eigenvalue weighted by molar-refractivity contribution is 4.85. The molecule has 0 aliphatic carbocycles. The van der Waals surface area contributed by atoms with Crippen molar-refractivity contribution < 1.29 is 4.74 Å². The topological polar surface area (TPSA) is 58.0 Å². The summed E-state index contributed by atoms with van der Waals surface area (Å²) in [5.74, 6) is 0.576. The van der Waals surface area contributed by atoms with Gasteiger partial charge >= 0.3 is 0 Å². The van der Waals surface area contributed by atoms with Crippen LogP contribution in [-0.2, 0) is 4.74 Å². The van der Waals surface area contributed by atoms with E-state index < -0.39 is 0 Å². The Hall–Kier alpha value is -0.730. The van der Waals surface area contributed by atoms with Crippen LogP contribution in [-0.4, -0.2) is 18.8 Å². The maximum Gasteiger partial charge on any atom is 0.0582 e. The van der Waals surface area contributed by atoms with Crippen LogP contribution in [0.5, 0.6) is 0 Å². The standard InChI is InChI=1S/C8H13N3O/c9-11-10-5-6-3-7-1-2-8(4-6)12-7/h6-8H,1-5H2. The molecule has 2 fully saturated rings. The maximum absolute atomic E-state index is 8.17. The van der Waals surface area contributed by atoms with E-state index in [9.17, 15) is 0 Å². The van der Waals surface area contributed by atoms with E-state index in [1.807, 2.05) is 0 Å². The molecule has 0 radical (unpaired) electrons. The predicted molar refractivity (Wildman–Crippen MR) is 44.6 cm³/mol. The Morgan fingerprint density at radius 2 is 2.00 bits per heavy atom. The molecule has 0 N–H and O–H groups in total. The van der Waals surface area contributed by atoms with Crippen molar-refractivity contribution in [3.05, 3.63) is 10.4 Å². The zero-order valence-electron chi connectivity index (χ0n) is 7.02. The molecule has 0 aromatic heterocycles. The minimum Gasteiger partial charge on any atom is -0.375 e. The number of hydrogen-bond acceptors (Lipinski definition) is 2. The second-order valence-electron chi connectivity index (χ2n) is 3.71. The second-order valence-corrected chi connectivity index (χ2v) is 3.71. The van der Waals surface area contributed by atoms with Crippen LogP contribution in [0.15, 0.2) is 5.11 Å². The molecular weight excluding hydrogens is 154 g/mol. The highest BCUT2D eigenvalue weighted by Crippen LogP contribution is 2.35. The van der Waals surface area contributed by atoms with Crippen LogP contribution in [0.25, 0.3) is 10.4 Å². The monoisotopic (exact) mass is 167 g/mol. The molecule has 4 heteroatoms. The third kappa shape index (κ3) is 1.54. The first-order valence-corrected chi connectivity index (χ1v) is 4.55. The summed E-state index contributed by atoms with van der Waals surface area (Å²) >= 11 is 0. The SMILES string of the molecule is [N-]=[N+]=NCC1CC2CCC(C1)O2. The minimum absolute atomic E-state index is 0.461. The molecule has 2 atom stereocenters. The molecule has 12 heavy (non-hydrogen) atoms. The normalized spacial score (nSPS) is 39.2. The summed E-state index contributed by atoms with van der Waals surface area (Å²) in [5.41, 5.74) is 8.17. The van der Waals surface area contributed by atoms with E-state index in [1.54, 1.807) is 0 Å². The van der Waals surface area contributed by atoms with Gasteiger partial charge in [-0.1, -0.05) is 5.11 Å². The van der Waals surface area contributed by atoms with Crippen LogP contribution in [0.4, 0.5) is 0 Å². The summed E-state index contributed by atoms with van der Waals surface area (Å²) in [5, 5.41) is 3.62. The third-order valence-electron chi connectivity index (χ3n) is 2.79.